The van der Waals surface area contributed by atoms with E-state index in [0.29, 0.717) is 5.56 Å². The van der Waals surface area contributed by atoms with Crippen LogP contribution in [0.5, 0.6) is 0 Å². The predicted octanol–water partition coefficient (Wildman–Crippen LogP) is 6.33. The van der Waals surface area contributed by atoms with Crippen molar-refractivity contribution in [1.82, 2.24) is 0 Å². The fourth-order valence-corrected chi connectivity index (χ4v) is 5.16. The average molecular weight is 600 g/mol. The van der Waals surface area contributed by atoms with Crippen LogP contribution in [0.4, 0.5) is 22.7 Å². The molecule has 8 heteroatoms. The van der Waals surface area contributed by atoms with E-state index in [0.717, 1.165) is 18.7 Å². The van der Waals surface area contributed by atoms with Gasteiger partial charge in [0.25, 0.3) is 0 Å². The van der Waals surface area contributed by atoms with E-state index in [1.54, 1.807) is 12.1 Å². The van der Waals surface area contributed by atoms with Crippen LogP contribution in [0.2, 0.25) is 0 Å². The van der Waals surface area contributed by atoms with Crippen LogP contribution in [-0.2, 0) is 28.6 Å². The molecule has 1 radical (unpaired) electrons. The van der Waals surface area contributed by atoms with Gasteiger partial charge in [-0.3, -0.25) is 5.41 Å². The Labute approximate surface area is 256 Å². The number of hydrogen-bond donors (Lipinski definition) is 3. The van der Waals surface area contributed by atoms with Crippen molar-refractivity contribution in [2.75, 3.05) is 68.4 Å². The molecule has 3 aromatic rings. The zero-order chi connectivity index (χ0) is 29.6. The molecule has 41 heavy (non-hydrogen) atoms. The Kier molecular flexibility index (Phi) is 11.6. The van der Waals surface area contributed by atoms with Gasteiger partial charge < -0.3 is 30.1 Å². The molecule has 0 fully saturated rings. The normalized spacial score (nSPS) is 16.2. The summed E-state index contributed by atoms with van der Waals surface area (Å²) in [5.74, 6) is -0.389. The average Bonchev–Trinajstić information content (AvgIpc) is 3.15. The summed E-state index contributed by atoms with van der Waals surface area (Å²) in [4.78, 5) is 8.60. The van der Waals surface area contributed by atoms with Gasteiger partial charge in [0.15, 0.2) is 0 Å². The number of nitrogens with zero attached hydrogens (tertiary/aromatic N) is 4. The van der Waals surface area contributed by atoms with Crippen LogP contribution in [0.3, 0.4) is 0 Å². The molecule has 1 aliphatic heterocycles. The van der Waals surface area contributed by atoms with E-state index in [1.165, 1.54) is 40.1 Å². The molecular formula is C33H44CoN6O. The third-order valence-corrected chi connectivity index (χ3v) is 7.46. The number of likely N-dealkylation sites (N-methyl/N-ethyl adjacent to an activating group) is 1. The molecular weight excluding hydrogens is 555 g/mol. The molecule has 0 aliphatic carbocycles. The van der Waals surface area contributed by atoms with Crippen LogP contribution in [0, 0.1) is 10.8 Å². The van der Waals surface area contributed by atoms with E-state index in [-0.39, 0.29) is 28.1 Å². The molecule has 0 spiro atoms. The number of aliphatic hydroxyl groups is 1. The second kappa shape index (κ2) is 14.2. The number of rotatable bonds is 8. The van der Waals surface area contributed by atoms with E-state index >= 15 is 0 Å². The van der Waals surface area contributed by atoms with Gasteiger partial charge in [0, 0.05) is 111 Å². The van der Waals surface area contributed by atoms with Crippen molar-refractivity contribution in [3.8, 4) is 0 Å². The minimum absolute atomic E-state index is 0. The smallest absolute Gasteiger partial charge is 0.210 e. The van der Waals surface area contributed by atoms with E-state index < -0.39 is 0 Å². The van der Waals surface area contributed by atoms with Crippen LogP contribution < -0.4 is 19.6 Å². The molecule has 4 rings (SSSR count). The Morgan fingerprint density at radius 1 is 0.829 bits per heavy atom. The van der Waals surface area contributed by atoms with E-state index in [2.05, 4.69) is 99.2 Å². The number of nitrogens with one attached hydrogen (secondary N) is 2. The largest absolute Gasteiger partial charge is 0.493 e. The minimum atomic E-state index is -0.389. The molecule has 0 saturated heterocycles. The Morgan fingerprint density at radius 2 is 1.32 bits per heavy atom. The van der Waals surface area contributed by atoms with E-state index in [4.69, 9.17) is 15.9 Å². The summed E-state index contributed by atoms with van der Waals surface area (Å²) in [6, 6.07) is 22.7. The SMILES string of the molecule is CCN1/C(=C\C=N)C(C)(Cc2ccc(N(C)C)cc2)c2cc(N(C)C)ccc21.CN(C)c1ccc(C(=N)O)cc1.[Co]. The van der Waals surface area contributed by atoms with Crippen molar-refractivity contribution in [2.24, 2.45) is 0 Å². The summed E-state index contributed by atoms with van der Waals surface area (Å²) in [7, 11) is 12.2. The topological polar surface area (TPSA) is 80.9 Å². The van der Waals surface area contributed by atoms with E-state index in [9.17, 15) is 0 Å². The van der Waals surface area contributed by atoms with Crippen molar-refractivity contribution in [1.29, 1.82) is 10.8 Å². The molecule has 1 unspecified atom stereocenters. The first-order chi connectivity index (χ1) is 18.9. The molecule has 0 saturated carbocycles. The first kappa shape index (κ1) is 33.5. The molecule has 1 aliphatic rings. The van der Waals surface area contributed by atoms with Gasteiger partial charge in [-0.15, -0.1) is 0 Å². The first-order valence-electron chi connectivity index (χ1n) is 13.5. The number of aliphatic hydroxyl groups excluding tert-OH is 1. The summed E-state index contributed by atoms with van der Waals surface area (Å²) in [5, 5.41) is 23.5. The minimum Gasteiger partial charge on any atom is -0.493 e. The Balaban J connectivity index is 0.000000381. The maximum absolute atomic E-state index is 8.82. The maximum Gasteiger partial charge on any atom is 0.210 e. The monoisotopic (exact) mass is 599 g/mol. The van der Waals surface area contributed by atoms with Gasteiger partial charge in [-0.05, 0) is 92.1 Å². The molecule has 1 atom stereocenters. The van der Waals surface area contributed by atoms with Crippen LogP contribution in [0.15, 0.2) is 78.5 Å². The molecule has 3 N–H and O–H groups in total. The van der Waals surface area contributed by atoms with Crippen molar-refractivity contribution >= 4 is 34.9 Å². The fraction of sp³-hybridized carbons (Fsp3) is 0.333. The van der Waals surface area contributed by atoms with E-state index in [1.807, 2.05) is 37.2 Å². The van der Waals surface area contributed by atoms with Crippen LogP contribution >= 0.6 is 0 Å². The second-order valence-electron chi connectivity index (χ2n) is 10.9. The summed E-state index contributed by atoms with van der Waals surface area (Å²) < 4.78 is 0. The first-order valence-corrected chi connectivity index (χ1v) is 13.5. The molecule has 0 bridgehead atoms. The number of fused-ring (bicyclic) bond motifs is 1. The van der Waals surface area contributed by atoms with Crippen LogP contribution in [-0.4, -0.2) is 66.0 Å². The van der Waals surface area contributed by atoms with Gasteiger partial charge in [-0.2, -0.15) is 0 Å². The van der Waals surface area contributed by atoms with Crippen LogP contribution in [0.25, 0.3) is 0 Å². The Morgan fingerprint density at radius 3 is 1.76 bits per heavy atom. The van der Waals surface area contributed by atoms with Crippen LogP contribution in [0.1, 0.15) is 30.5 Å². The molecule has 1 heterocycles. The molecule has 0 aromatic heterocycles. The standard InChI is InChI=1S/C24H32N4.C9H12N2O.Co/c1-7-28-22-13-12-20(27(5)6)16-21(22)24(2,23(28)14-15-25)17-18-8-10-19(11-9-18)26(3)4;1-11(2)8-5-3-7(4-6-8)9(10)12;/h8-16,25H,7,17H2,1-6H3;3-6H,1-2H3,(H2,10,12);/b23-14-,25-15?;;. The summed E-state index contributed by atoms with van der Waals surface area (Å²) in [6.45, 7) is 5.39. The molecule has 0 amide bonds. The zero-order valence-corrected chi connectivity index (χ0v) is 26.5. The van der Waals surface area contributed by atoms with Gasteiger partial charge in [0.05, 0.1) is 0 Å². The fourth-order valence-electron chi connectivity index (χ4n) is 5.16. The van der Waals surface area contributed by atoms with Gasteiger partial charge in [0.2, 0.25) is 5.90 Å². The van der Waals surface area contributed by atoms with Crippen molar-refractivity contribution < 1.29 is 21.9 Å². The predicted molar refractivity (Wildman–Crippen MR) is 173 cm³/mol. The molecule has 7 nitrogen and oxygen atoms in total. The van der Waals surface area contributed by atoms with Gasteiger partial charge in [0.1, 0.15) is 0 Å². The number of allylic oxidation sites excluding steroid dienone is 2. The summed E-state index contributed by atoms with van der Waals surface area (Å²) in [6.07, 6.45) is 4.29. The quantitative estimate of drug-likeness (QED) is 0.209. The molecule has 221 valence electrons. The Hall–Kier alpha value is -3.75. The van der Waals surface area contributed by atoms with Crippen molar-refractivity contribution in [3.05, 3.63) is 95.2 Å². The number of anilines is 4. The maximum atomic E-state index is 8.82. The number of hydrogen-bond acceptors (Lipinski definition) is 6. The zero-order valence-electron chi connectivity index (χ0n) is 25.5. The van der Waals surface area contributed by atoms with Gasteiger partial charge in [-0.1, -0.05) is 12.1 Å². The van der Waals surface area contributed by atoms with Crippen molar-refractivity contribution in [3.63, 3.8) is 0 Å². The van der Waals surface area contributed by atoms with Gasteiger partial charge >= 0.3 is 0 Å². The third kappa shape index (κ3) is 7.51. The van der Waals surface area contributed by atoms with Crippen molar-refractivity contribution in [2.45, 2.75) is 25.7 Å². The summed E-state index contributed by atoms with van der Waals surface area (Å²) >= 11 is 0. The van der Waals surface area contributed by atoms with Gasteiger partial charge in [-0.25, -0.2) is 0 Å². The molecule has 3 aromatic carbocycles. The number of benzene rings is 3. The second-order valence-corrected chi connectivity index (χ2v) is 10.9. The third-order valence-electron chi connectivity index (χ3n) is 7.46. The summed E-state index contributed by atoms with van der Waals surface area (Å²) in [5.41, 5.74) is 8.95. The Bertz CT molecular complexity index is 1350.